The summed E-state index contributed by atoms with van der Waals surface area (Å²) >= 11 is 0. The standard InChI is InChI=1S/C21H27NO2/c23-20(17-22-14-7-2-8-15-22)19-11-5-6-12-21(19)24-16-13-18-9-3-1-4-10-18/h1,3-6,9-12,20,23H,2,7-8,13-17H2. The molecule has 1 unspecified atom stereocenters. The molecule has 1 heterocycles. The minimum atomic E-state index is -0.490. The number of nitrogens with zero attached hydrogens (tertiary/aromatic N) is 1. The van der Waals surface area contributed by atoms with Crippen LogP contribution in [0.2, 0.25) is 0 Å². The SMILES string of the molecule is OC(CN1CCCCC1)c1ccccc1OCCc1ccccc1. The van der Waals surface area contributed by atoms with Crippen LogP contribution in [-0.4, -0.2) is 36.2 Å². The summed E-state index contributed by atoms with van der Waals surface area (Å²) in [6.45, 7) is 3.50. The van der Waals surface area contributed by atoms with Gasteiger partial charge in [-0.1, -0.05) is 55.0 Å². The Morgan fingerprint density at radius 3 is 2.42 bits per heavy atom. The molecule has 0 saturated carbocycles. The molecule has 24 heavy (non-hydrogen) atoms. The first kappa shape index (κ1) is 17.0. The molecule has 1 fully saturated rings. The first-order chi connectivity index (χ1) is 11.8. The molecule has 1 N–H and O–H groups in total. The average molecular weight is 325 g/mol. The van der Waals surface area contributed by atoms with Gasteiger partial charge in [0.05, 0.1) is 12.7 Å². The van der Waals surface area contributed by atoms with Gasteiger partial charge in [-0.3, -0.25) is 0 Å². The number of hydrogen-bond donors (Lipinski definition) is 1. The Kier molecular flexibility index (Phi) is 6.27. The highest BCUT2D eigenvalue weighted by atomic mass is 16.5. The molecule has 1 aliphatic heterocycles. The normalized spacial score (nSPS) is 16.7. The second-order valence-electron chi connectivity index (χ2n) is 6.50. The Bertz CT molecular complexity index is 608. The van der Waals surface area contributed by atoms with E-state index in [4.69, 9.17) is 4.74 Å². The quantitative estimate of drug-likeness (QED) is 0.840. The predicted molar refractivity (Wildman–Crippen MR) is 97.3 cm³/mol. The highest BCUT2D eigenvalue weighted by Crippen LogP contribution is 2.26. The van der Waals surface area contributed by atoms with Gasteiger partial charge < -0.3 is 14.7 Å². The Hall–Kier alpha value is -1.84. The molecular formula is C21H27NO2. The van der Waals surface area contributed by atoms with Gasteiger partial charge in [0.25, 0.3) is 0 Å². The van der Waals surface area contributed by atoms with E-state index >= 15 is 0 Å². The lowest BCUT2D eigenvalue weighted by molar-refractivity contribution is 0.0987. The van der Waals surface area contributed by atoms with E-state index in [1.165, 1.54) is 24.8 Å². The van der Waals surface area contributed by atoms with Crippen LogP contribution in [0.3, 0.4) is 0 Å². The van der Waals surface area contributed by atoms with Crippen LogP contribution >= 0.6 is 0 Å². The van der Waals surface area contributed by atoms with E-state index in [9.17, 15) is 5.11 Å². The molecule has 1 atom stereocenters. The minimum Gasteiger partial charge on any atom is -0.493 e. The van der Waals surface area contributed by atoms with Gasteiger partial charge in [0.15, 0.2) is 0 Å². The molecule has 2 aromatic rings. The van der Waals surface area contributed by atoms with E-state index < -0.39 is 6.10 Å². The van der Waals surface area contributed by atoms with E-state index in [1.54, 1.807) is 0 Å². The average Bonchev–Trinajstić information content (AvgIpc) is 2.64. The van der Waals surface area contributed by atoms with Crippen LogP contribution in [0, 0.1) is 0 Å². The lowest BCUT2D eigenvalue weighted by Gasteiger charge is -2.29. The van der Waals surface area contributed by atoms with Crippen LogP contribution in [0.1, 0.15) is 36.5 Å². The largest absolute Gasteiger partial charge is 0.493 e. The van der Waals surface area contributed by atoms with Crippen LogP contribution in [0.15, 0.2) is 54.6 Å². The highest BCUT2D eigenvalue weighted by Gasteiger charge is 2.18. The van der Waals surface area contributed by atoms with E-state index in [1.807, 2.05) is 42.5 Å². The summed E-state index contributed by atoms with van der Waals surface area (Å²) in [4.78, 5) is 2.36. The van der Waals surface area contributed by atoms with Crippen molar-refractivity contribution >= 4 is 0 Å². The van der Waals surface area contributed by atoms with Crippen molar-refractivity contribution in [2.75, 3.05) is 26.2 Å². The molecule has 0 amide bonds. The van der Waals surface area contributed by atoms with Crippen LogP contribution in [-0.2, 0) is 6.42 Å². The van der Waals surface area contributed by atoms with Gasteiger partial charge in [0, 0.05) is 18.5 Å². The molecule has 128 valence electrons. The smallest absolute Gasteiger partial charge is 0.125 e. The maximum atomic E-state index is 10.6. The van der Waals surface area contributed by atoms with E-state index in [-0.39, 0.29) is 0 Å². The second-order valence-corrected chi connectivity index (χ2v) is 6.50. The Morgan fingerprint density at radius 2 is 1.62 bits per heavy atom. The van der Waals surface area contributed by atoms with Crippen LogP contribution in [0.4, 0.5) is 0 Å². The van der Waals surface area contributed by atoms with Gasteiger partial charge in [-0.05, 0) is 37.6 Å². The molecule has 1 saturated heterocycles. The van der Waals surface area contributed by atoms with Crippen molar-refractivity contribution in [1.82, 2.24) is 4.90 Å². The van der Waals surface area contributed by atoms with E-state index in [0.717, 1.165) is 30.8 Å². The van der Waals surface area contributed by atoms with Gasteiger partial charge in [-0.25, -0.2) is 0 Å². The van der Waals surface area contributed by atoms with Crippen molar-refractivity contribution in [3.8, 4) is 5.75 Å². The number of likely N-dealkylation sites (tertiary alicyclic amines) is 1. The number of aliphatic hydroxyl groups excluding tert-OH is 1. The Morgan fingerprint density at radius 1 is 0.917 bits per heavy atom. The van der Waals surface area contributed by atoms with Crippen LogP contribution in [0.25, 0.3) is 0 Å². The number of aliphatic hydroxyl groups is 1. The summed E-state index contributed by atoms with van der Waals surface area (Å²) in [7, 11) is 0. The predicted octanol–water partition coefficient (Wildman–Crippen LogP) is 3.83. The summed E-state index contributed by atoms with van der Waals surface area (Å²) in [5.41, 5.74) is 2.17. The number of benzene rings is 2. The lowest BCUT2D eigenvalue weighted by atomic mass is 10.1. The van der Waals surface area contributed by atoms with Gasteiger partial charge >= 0.3 is 0 Å². The van der Waals surface area contributed by atoms with Gasteiger partial charge in [0.2, 0.25) is 0 Å². The van der Waals surface area contributed by atoms with Crippen molar-refractivity contribution in [2.24, 2.45) is 0 Å². The lowest BCUT2D eigenvalue weighted by Crippen LogP contribution is -2.33. The third-order valence-electron chi connectivity index (χ3n) is 4.65. The zero-order valence-electron chi connectivity index (χ0n) is 14.2. The Labute approximate surface area is 144 Å². The first-order valence-electron chi connectivity index (χ1n) is 8.99. The zero-order chi connectivity index (χ0) is 16.6. The number of para-hydroxylation sites is 1. The summed E-state index contributed by atoms with van der Waals surface area (Å²) in [5.74, 6) is 0.804. The number of hydrogen-bond acceptors (Lipinski definition) is 3. The number of piperidine rings is 1. The molecule has 1 aliphatic rings. The highest BCUT2D eigenvalue weighted by molar-refractivity contribution is 5.35. The molecule has 0 bridgehead atoms. The molecule has 0 aliphatic carbocycles. The van der Waals surface area contributed by atoms with Crippen molar-refractivity contribution < 1.29 is 9.84 Å². The minimum absolute atomic E-state index is 0.490. The van der Waals surface area contributed by atoms with Gasteiger partial charge in [-0.15, -0.1) is 0 Å². The molecule has 3 nitrogen and oxygen atoms in total. The third kappa shape index (κ3) is 4.83. The number of ether oxygens (including phenoxy) is 1. The Balaban J connectivity index is 1.57. The molecule has 3 rings (SSSR count). The summed E-state index contributed by atoms with van der Waals surface area (Å²) in [5, 5.41) is 10.6. The molecule has 0 spiro atoms. The first-order valence-corrected chi connectivity index (χ1v) is 8.99. The fourth-order valence-corrected chi connectivity index (χ4v) is 3.30. The molecule has 0 aromatic heterocycles. The number of rotatable bonds is 7. The fraction of sp³-hybridized carbons (Fsp3) is 0.429. The monoisotopic (exact) mass is 325 g/mol. The fourth-order valence-electron chi connectivity index (χ4n) is 3.30. The summed E-state index contributed by atoms with van der Waals surface area (Å²) in [6.07, 6.45) is 4.17. The summed E-state index contributed by atoms with van der Waals surface area (Å²) < 4.78 is 5.97. The van der Waals surface area contributed by atoms with Gasteiger partial charge in [0.1, 0.15) is 5.75 Å². The molecule has 0 radical (unpaired) electrons. The topological polar surface area (TPSA) is 32.7 Å². The number of β-amino-alcohol motifs (C(OH)–C–C–N with tert-alkyl or cyclic N) is 1. The second kappa shape index (κ2) is 8.86. The molecule has 3 heteroatoms. The van der Waals surface area contributed by atoms with Crippen molar-refractivity contribution in [3.05, 3.63) is 65.7 Å². The van der Waals surface area contributed by atoms with Crippen LogP contribution in [0.5, 0.6) is 5.75 Å². The van der Waals surface area contributed by atoms with Crippen molar-refractivity contribution in [1.29, 1.82) is 0 Å². The molecule has 2 aromatic carbocycles. The van der Waals surface area contributed by atoms with Crippen molar-refractivity contribution in [2.45, 2.75) is 31.8 Å². The molecular weight excluding hydrogens is 298 g/mol. The maximum absolute atomic E-state index is 10.6. The van der Waals surface area contributed by atoms with Crippen molar-refractivity contribution in [3.63, 3.8) is 0 Å². The van der Waals surface area contributed by atoms with Gasteiger partial charge in [-0.2, -0.15) is 0 Å². The van der Waals surface area contributed by atoms with E-state index in [0.29, 0.717) is 13.2 Å². The zero-order valence-corrected chi connectivity index (χ0v) is 14.2. The summed E-state index contributed by atoms with van der Waals surface area (Å²) in [6, 6.07) is 18.2. The van der Waals surface area contributed by atoms with Crippen LogP contribution < -0.4 is 4.74 Å². The third-order valence-corrected chi connectivity index (χ3v) is 4.65. The van der Waals surface area contributed by atoms with E-state index in [2.05, 4.69) is 17.0 Å². The maximum Gasteiger partial charge on any atom is 0.125 e.